The van der Waals surface area contributed by atoms with Gasteiger partial charge in [-0.2, -0.15) is 0 Å². The van der Waals surface area contributed by atoms with Crippen LogP contribution in [-0.4, -0.2) is 17.5 Å². The summed E-state index contributed by atoms with van der Waals surface area (Å²) in [4.78, 5) is 4.15. The van der Waals surface area contributed by atoms with Gasteiger partial charge in [0.25, 0.3) is 0 Å². The van der Waals surface area contributed by atoms with Crippen molar-refractivity contribution in [1.29, 1.82) is 0 Å². The predicted octanol–water partition coefficient (Wildman–Crippen LogP) is 3.11. The van der Waals surface area contributed by atoms with Crippen LogP contribution in [0.15, 0.2) is 22.7 Å². The van der Waals surface area contributed by atoms with E-state index in [4.69, 9.17) is 0 Å². The van der Waals surface area contributed by atoms with Crippen LogP contribution in [0.25, 0.3) is 0 Å². The Labute approximate surface area is 84.6 Å². The van der Waals surface area contributed by atoms with Gasteiger partial charge in [0, 0.05) is 12.5 Å². The molecule has 0 amide bonds. The van der Waals surface area contributed by atoms with Crippen LogP contribution < -0.4 is 0 Å². The maximum Gasteiger partial charge on any atom is 0.0819 e. The summed E-state index contributed by atoms with van der Waals surface area (Å²) in [6, 6.07) is 3.98. The molecule has 1 heterocycles. The average molecular weight is 196 g/mol. The standard InChI is InChI=1S/C8H10N2S.C2H6/c1-7-3-4-8(9-5-7)6-10-11-2;1-2/h3-6H,1-2H3;1-2H3/b10-6+;. The van der Waals surface area contributed by atoms with Crippen molar-refractivity contribution in [2.45, 2.75) is 20.8 Å². The fourth-order valence-electron chi connectivity index (χ4n) is 0.662. The number of aromatic nitrogens is 1. The van der Waals surface area contributed by atoms with Gasteiger partial charge in [-0.15, -0.1) is 0 Å². The quantitative estimate of drug-likeness (QED) is 0.536. The zero-order valence-corrected chi connectivity index (χ0v) is 9.43. The summed E-state index contributed by atoms with van der Waals surface area (Å²) < 4.78 is 4.00. The van der Waals surface area contributed by atoms with Crippen LogP contribution in [0.1, 0.15) is 25.1 Å². The zero-order valence-electron chi connectivity index (χ0n) is 8.61. The number of rotatable bonds is 2. The Bertz CT molecular complexity index is 242. The van der Waals surface area contributed by atoms with Gasteiger partial charge in [0.2, 0.25) is 0 Å². The lowest BCUT2D eigenvalue weighted by molar-refractivity contribution is 1.25. The maximum atomic E-state index is 4.15. The second-order valence-electron chi connectivity index (χ2n) is 2.18. The molecule has 0 aliphatic carbocycles. The van der Waals surface area contributed by atoms with Crippen LogP contribution >= 0.6 is 11.9 Å². The molecule has 72 valence electrons. The normalized spacial score (nSPS) is 9.54. The van der Waals surface area contributed by atoms with Crippen molar-refractivity contribution in [3.63, 3.8) is 0 Å². The molecule has 2 nitrogen and oxygen atoms in total. The van der Waals surface area contributed by atoms with Crippen LogP contribution in [0, 0.1) is 6.92 Å². The van der Waals surface area contributed by atoms with E-state index in [2.05, 4.69) is 9.38 Å². The summed E-state index contributed by atoms with van der Waals surface area (Å²) >= 11 is 1.43. The Hall–Kier alpha value is -0.830. The molecule has 0 saturated heterocycles. The highest BCUT2D eigenvalue weighted by Gasteiger charge is 1.86. The third kappa shape index (κ3) is 5.42. The van der Waals surface area contributed by atoms with Gasteiger partial charge in [-0.25, -0.2) is 4.40 Å². The molecule has 0 spiro atoms. The first kappa shape index (κ1) is 12.2. The van der Waals surface area contributed by atoms with E-state index in [1.54, 1.807) is 6.21 Å². The van der Waals surface area contributed by atoms with Crippen molar-refractivity contribution >= 4 is 18.2 Å². The van der Waals surface area contributed by atoms with Gasteiger partial charge < -0.3 is 0 Å². The summed E-state index contributed by atoms with van der Waals surface area (Å²) in [5.74, 6) is 0. The van der Waals surface area contributed by atoms with Gasteiger partial charge >= 0.3 is 0 Å². The molecule has 0 N–H and O–H groups in total. The lowest BCUT2D eigenvalue weighted by Crippen LogP contribution is -1.85. The minimum atomic E-state index is 0.907. The number of hydrogen-bond acceptors (Lipinski definition) is 3. The zero-order chi connectivity index (χ0) is 10.1. The summed E-state index contributed by atoms with van der Waals surface area (Å²) in [5.41, 5.74) is 2.08. The smallest absolute Gasteiger partial charge is 0.0819 e. The van der Waals surface area contributed by atoms with Gasteiger partial charge in [-0.1, -0.05) is 19.9 Å². The van der Waals surface area contributed by atoms with Crippen molar-refractivity contribution in [3.8, 4) is 0 Å². The Morgan fingerprint density at radius 2 is 2.08 bits per heavy atom. The monoisotopic (exact) mass is 196 g/mol. The Balaban J connectivity index is 0.000000671. The summed E-state index contributed by atoms with van der Waals surface area (Å²) in [6.45, 7) is 6.02. The molecule has 0 saturated carbocycles. The summed E-state index contributed by atoms with van der Waals surface area (Å²) in [6.07, 6.45) is 5.51. The molecule has 13 heavy (non-hydrogen) atoms. The number of hydrogen-bond donors (Lipinski definition) is 0. The van der Waals surface area contributed by atoms with E-state index in [9.17, 15) is 0 Å². The number of nitrogens with zero attached hydrogens (tertiary/aromatic N) is 2. The fraction of sp³-hybridized carbons (Fsp3) is 0.400. The molecule has 0 radical (unpaired) electrons. The van der Waals surface area contributed by atoms with Crippen molar-refractivity contribution in [3.05, 3.63) is 29.6 Å². The van der Waals surface area contributed by atoms with Crippen molar-refractivity contribution in [2.75, 3.05) is 6.26 Å². The lowest BCUT2D eigenvalue weighted by atomic mass is 10.3. The van der Waals surface area contributed by atoms with E-state index in [1.165, 1.54) is 17.5 Å². The van der Waals surface area contributed by atoms with E-state index < -0.39 is 0 Å². The van der Waals surface area contributed by atoms with E-state index >= 15 is 0 Å². The molecule has 0 aliphatic heterocycles. The largest absolute Gasteiger partial charge is 0.255 e. The molecule has 1 aromatic rings. The Kier molecular flexibility index (Phi) is 7.30. The number of aryl methyl sites for hydroxylation is 1. The van der Waals surface area contributed by atoms with Gasteiger partial charge in [0.15, 0.2) is 0 Å². The molecule has 0 aromatic carbocycles. The van der Waals surface area contributed by atoms with Gasteiger partial charge in [-0.05, 0) is 30.5 Å². The van der Waals surface area contributed by atoms with Crippen LogP contribution in [0.2, 0.25) is 0 Å². The third-order valence-corrected chi connectivity index (χ3v) is 1.54. The molecule has 3 heteroatoms. The SMILES string of the molecule is CC.CS/N=C/c1ccc(C)cn1. The van der Waals surface area contributed by atoms with Gasteiger partial charge in [-0.3, -0.25) is 4.98 Å². The second kappa shape index (κ2) is 7.80. The molecule has 1 rings (SSSR count). The van der Waals surface area contributed by atoms with Crippen LogP contribution in [0.5, 0.6) is 0 Å². The highest BCUT2D eigenvalue weighted by molar-refractivity contribution is 7.97. The first-order chi connectivity index (χ1) is 6.33. The van der Waals surface area contributed by atoms with Crippen LogP contribution in [-0.2, 0) is 0 Å². The van der Waals surface area contributed by atoms with Crippen molar-refractivity contribution in [2.24, 2.45) is 4.40 Å². The van der Waals surface area contributed by atoms with Crippen molar-refractivity contribution < 1.29 is 0 Å². The first-order valence-electron chi connectivity index (χ1n) is 4.32. The molecule has 0 bridgehead atoms. The molecule has 0 unspecified atom stereocenters. The number of pyridine rings is 1. The maximum absolute atomic E-state index is 4.15. The van der Waals surface area contributed by atoms with Crippen LogP contribution in [0.3, 0.4) is 0 Å². The molecule has 0 aliphatic rings. The highest BCUT2D eigenvalue weighted by atomic mass is 32.2. The van der Waals surface area contributed by atoms with Crippen LogP contribution in [0.4, 0.5) is 0 Å². The van der Waals surface area contributed by atoms with E-state index in [1.807, 2.05) is 45.4 Å². The average Bonchev–Trinajstić information content (AvgIpc) is 2.20. The van der Waals surface area contributed by atoms with E-state index in [-0.39, 0.29) is 0 Å². The second-order valence-corrected chi connectivity index (χ2v) is 2.75. The van der Waals surface area contributed by atoms with E-state index in [0.717, 1.165) is 5.69 Å². The topological polar surface area (TPSA) is 25.2 Å². The first-order valence-corrected chi connectivity index (χ1v) is 5.50. The molecule has 0 atom stereocenters. The predicted molar refractivity (Wildman–Crippen MR) is 61.4 cm³/mol. The molecule has 0 fully saturated rings. The van der Waals surface area contributed by atoms with Crippen molar-refractivity contribution in [1.82, 2.24) is 4.98 Å². The Morgan fingerprint density at radius 1 is 1.38 bits per heavy atom. The minimum absolute atomic E-state index is 0.907. The molecule has 1 aromatic heterocycles. The van der Waals surface area contributed by atoms with E-state index in [0.29, 0.717) is 0 Å². The Morgan fingerprint density at radius 3 is 2.54 bits per heavy atom. The fourth-order valence-corrected chi connectivity index (χ4v) is 0.876. The van der Waals surface area contributed by atoms with Gasteiger partial charge in [0.05, 0.1) is 11.9 Å². The minimum Gasteiger partial charge on any atom is -0.255 e. The molecular weight excluding hydrogens is 180 g/mol. The lowest BCUT2D eigenvalue weighted by Gasteiger charge is -1.91. The summed E-state index contributed by atoms with van der Waals surface area (Å²) in [7, 11) is 0. The van der Waals surface area contributed by atoms with Gasteiger partial charge in [0.1, 0.15) is 0 Å². The molecular formula is C10H16N2S. The highest BCUT2D eigenvalue weighted by Crippen LogP contribution is 1.98. The summed E-state index contributed by atoms with van der Waals surface area (Å²) in [5, 5.41) is 0. The third-order valence-electron chi connectivity index (χ3n) is 1.22.